The molecule has 12 rings (SSSR count). The minimum absolute atomic E-state index is 0.856. The summed E-state index contributed by atoms with van der Waals surface area (Å²) in [6, 6.07) is 80.2. The lowest BCUT2D eigenvalue weighted by molar-refractivity contribution is 0.673. The average Bonchev–Trinajstić information content (AvgIpc) is 3.87. The van der Waals surface area contributed by atoms with Crippen LogP contribution in [-0.4, -0.2) is 4.57 Å². The highest BCUT2D eigenvalue weighted by atomic mass is 16.3. The average molecular weight is 768 g/mol. The lowest BCUT2D eigenvalue weighted by atomic mass is 9.97. The van der Waals surface area contributed by atoms with Crippen molar-refractivity contribution in [1.82, 2.24) is 4.57 Å². The number of hydrogen-bond acceptors (Lipinski definition) is 3. The fourth-order valence-corrected chi connectivity index (χ4v) is 9.31. The molecule has 0 saturated heterocycles. The Bertz CT molecular complexity index is 3550. The van der Waals surface area contributed by atoms with Crippen molar-refractivity contribution < 1.29 is 4.42 Å². The molecule has 0 aliphatic carbocycles. The number of nitrogens with zero attached hydrogens (tertiary/aromatic N) is 3. The molecule has 0 spiro atoms. The molecule has 0 radical (unpaired) electrons. The van der Waals surface area contributed by atoms with Gasteiger partial charge in [-0.05, 0) is 101 Å². The number of hydrogen-bond donors (Lipinski definition) is 0. The summed E-state index contributed by atoms with van der Waals surface area (Å²) in [4.78, 5) is 4.68. The van der Waals surface area contributed by atoms with Crippen molar-refractivity contribution >= 4 is 99.4 Å². The zero-order valence-electron chi connectivity index (χ0n) is 32.6. The Labute approximate surface area is 347 Å². The maximum atomic E-state index is 6.88. The van der Waals surface area contributed by atoms with E-state index < -0.39 is 0 Å². The van der Waals surface area contributed by atoms with Crippen molar-refractivity contribution in [2.75, 3.05) is 9.80 Å². The molecule has 0 aliphatic rings. The van der Waals surface area contributed by atoms with Crippen molar-refractivity contribution in [1.29, 1.82) is 0 Å². The first-order chi connectivity index (χ1) is 29.8. The summed E-state index contributed by atoms with van der Waals surface area (Å²) in [7, 11) is 0. The van der Waals surface area contributed by atoms with Crippen LogP contribution in [0.1, 0.15) is 0 Å². The molecule has 282 valence electrons. The minimum atomic E-state index is 0.856. The fraction of sp³-hybridized carbons (Fsp3) is 0. The van der Waals surface area contributed by atoms with Crippen LogP contribution in [-0.2, 0) is 0 Å². The summed E-state index contributed by atoms with van der Waals surface area (Å²) in [5.74, 6) is 0. The normalized spacial score (nSPS) is 11.7. The number of anilines is 6. The zero-order valence-corrected chi connectivity index (χ0v) is 32.6. The van der Waals surface area contributed by atoms with E-state index in [1.165, 1.54) is 32.4 Å². The van der Waals surface area contributed by atoms with E-state index in [1.807, 2.05) is 0 Å². The summed E-state index contributed by atoms with van der Waals surface area (Å²) in [6.45, 7) is 0. The van der Waals surface area contributed by atoms with Crippen molar-refractivity contribution in [2.24, 2.45) is 0 Å². The molecule has 10 aromatic carbocycles. The van der Waals surface area contributed by atoms with E-state index >= 15 is 0 Å². The molecule has 12 aromatic rings. The van der Waals surface area contributed by atoms with E-state index in [9.17, 15) is 0 Å². The maximum absolute atomic E-state index is 6.88. The fourth-order valence-electron chi connectivity index (χ4n) is 9.31. The van der Waals surface area contributed by atoms with Crippen LogP contribution in [0.15, 0.2) is 229 Å². The van der Waals surface area contributed by atoms with Crippen LogP contribution in [0.25, 0.3) is 71.0 Å². The Morgan fingerprint density at radius 3 is 1.43 bits per heavy atom. The van der Waals surface area contributed by atoms with Gasteiger partial charge in [0, 0.05) is 72.8 Å². The van der Waals surface area contributed by atoms with Crippen LogP contribution in [0.5, 0.6) is 0 Å². The summed E-state index contributed by atoms with van der Waals surface area (Å²) < 4.78 is 9.26. The van der Waals surface area contributed by atoms with E-state index in [1.54, 1.807) is 0 Å². The Balaban J connectivity index is 1.04. The topological polar surface area (TPSA) is 24.6 Å². The van der Waals surface area contributed by atoms with E-state index in [0.717, 1.165) is 72.7 Å². The van der Waals surface area contributed by atoms with Gasteiger partial charge in [-0.15, -0.1) is 0 Å². The molecule has 0 amide bonds. The Morgan fingerprint density at radius 2 is 0.767 bits per heavy atom. The number of para-hydroxylation sites is 4. The molecule has 0 saturated carbocycles. The molecule has 2 heterocycles. The lowest BCUT2D eigenvalue weighted by Gasteiger charge is -2.29. The Kier molecular flexibility index (Phi) is 7.82. The van der Waals surface area contributed by atoms with Gasteiger partial charge in [0.05, 0.1) is 11.0 Å². The number of benzene rings is 10. The molecule has 0 aliphatic heterocycles. The van der Waals surface area contributed by atoms with E-state index in [0.29, 0.717) is 0 Å². The number of rotatable bonds is 7. The Hall–Kier alpha value is -8.08. The van der Waals surface area contributed by atoms with Crippen LogP contribution in [0.3, 0.4) is 0 Å². The summed E-state index contributed by atoms with van der Waals surface area (Å²) >= 11 is 0. The van der Waals surface area contributed by atoms with Crippen molar-refractivity contribution in [3.8, 4) is 5.69 Å². The smallest absolute Gasteiger partial charge is 0.143 e. The molecule has 4 nitrogen and oxygen atoms in total. The van der Waals surface area contributed by atoms with E-state index in [4.69, 9.17) is 4.42 Å². The second-order valence-electron chi connectivity index (χ2n) is 15.3. The van der Waals surface area contributed by atoms with Gasteiger partial charge in [-0.25, -0.2) is 0 Å². The number of aromatic nitrogens is 1. The molecule has 0 atom stereocenters. The predicted molar refractivity (Wildman–Crippen MR) is 252 cm³/mol. The molecule has 0 fully saturated rings. The summed E-state index contributed by atoms with van der Waals surface area (Å²) in [5, 5.41) is 9.48. The first-order valence-electron chi connectivity index (χ1n) is 20.4. The molecule has 60 heavy (non-hydrogen) atoms. The Morgan fingerprint density at radius 1 is 0.300 bits per heavy atom. The highest BCUT2D eigenvalue weighted by molar-refractivity contribution is 6.30. The van der Waals surface area contributed by atoms with Crippen LogP contribution in [0.2, 0.25) is 0 Å². The summed E-state index contributed by atoms with van der Waals surface area (Å²) in [6.07, 6.45) is 0. The van der Waals surface area contributed by atoms with Gasteiger partial charge in [0.1, 0.15) is 11.2 Å². The second kappa shape index (κ2) is 13.8. The lowest BCUT2D eigenvalue weighted by Crippen LogP contribution is -2.13. The van der Waals surface area contributed by atoms with Gasteiger partial charge in [-0.1, -0.05) is 133 Å². The summed E-state index contributed by atoms with van der Waals surface area (Å²) in [5.41, 5.74) is 11.5. The largest absolute Gasteiger partial charge is 0.455 e. The van der Waals surface area contributed by atoms with Gasteiger partial charge < -0.3 is 18.8 Å². The maximum Gasteiger partial charge on any atom is 0.143 e. The van der Waals surface area contributed by atoms with Gasteiger partial charge in [0.25, 0.3) is 0 Å². The van der Waals surface area contributed by atoms with Gasteiger partial charge in [-0.3, -0.25) is 0 Å². The molecule has 0 bridgehead atoms. The van der Waals surface area contributed by atoms with Gasteiger partial charge in [-0.2, -0.15) is 0 Å². The quantitative estimate of drug-likeness (QED) is 0.151. The third-order valence-electron chi connectivity index (χ3n) is 11.9. The first-order valence-corrected chi connectivity index (χ1v) is 20.4. The molecule has 0 N–H and O–H groups in total. The minimum Gasteiger partial charge on any atom is -0.455 e. The molecule has 4 heteroatoms. The van der Waals surface area contributed by atoms with E-state index in [2.05, 4.69) is 239 Å². The number of fused-ring (bicyclic) bond motifs is 11. The van der Waals surface area contributed by atoms with Gasteiger partial charge in [0.2, 0.25) is 0 Å². The third-order valence-corrected chi connectivity index (χ3v) is 11.9. The van der Waals surface area contributed by atoms with E-state index in [-0.39, 0.29) is 0 Å². The van der Waals surface area contributed by atoms with Crippen LogP contribution in [0, 0.1) is 0 Å². The predicted octanol–water partition coefficient (Wildman–Crippen LogP) is 15.9. The second-order valence-corrected chi connectivity index (χ2v) is 15.3. The molecule has 2 aromatic heterocycles. The van der Waals surface area contributed by atoms with Crippen molar-refractivity contribution in [3.05, 3.63) is 224 Å². The van der Waals surface area contributed by atoms with Gasteiger partial charge in [0.15, 0.2) is 0 Å². The number of furan rings is 1. The van der Waals surface area contributed by atoms with Crippen LogP contribution >= 0.6 is 0 Å². The standard InChI is InChI=1S/C56H37N3O/c1-4-17-38(18-5-1)57(43-31-33-48-47-27-14-15-30-52(47)59(53(48)36-43)40-21-8-3-9-22-40)41-23-16-24-42(35-41)58(39-19-6-2-7-20-39)44-32-34-51-54(37-44)60-56-50-29-13-11-26-46(50)45-25-10-12-28-49(45)55(51)56/h1-37H. The highest BCUT2D eigenvalue weighted by Gasteiger charge is 2.21. The van der Waals surface area contributed by atoms with Crippen LogP contribution < -0.4 is 9.80 Å². The molecular formula is C56H37N3O. The van der Waals surface area contributed by atoms with Crippen molar-refractivity contribution in [3.63, 3.8) is 0 Å². The SMILES string of the molecule is c1ccc(N(c2cccc(N(c3ccccc3)c3ccc4c5ccccc5n(-c5ccccc5)c4c3)c2)c2ccc3c(c2)oc2c4ccccc4c4ccccc4c32)cc1. The first kappa shape index (κ1) is 34.0. The zero-order chi connectivity index (χ0) is 39.6. The van der Waals surface area contributed by atoms with Gasteiger partial charge >= 0.3 is 0 Å². The monoisotopic (exact) mass is 767 g/mol. The van der Waals surface area contributed by atoms with Crippen molar-refractivity contribution in [2.45, 2.75) is 0 Å². The molecule has 0 unspecified atom stereocenters. The third kappa shape index (κ3) is 5.39. The highest BCUT2D eigenvalue weighted by Crippen LogP contribution is 2.45. The van der Waals surface area contributed by atoms with Crippen LogP contribution in [0.4, 0.5) is 34.1 Å². The molecular weight excluding hydrogens is 731 g/mol.